The summed E-state index contributed by atoms with van der Waals surface area (Å²) in [6.45, 7) is 2.10. The maximum atomic E-state index is 12.6. The predicted molar refractivity (Wildman–Crippen MR) is 120 cm³/mol. The number of ether oxygens (including phenoxy) is 1. The SMILES string of the molecule is Cc1nc(COc2ccccc2C(=O)NNC(=O)c2cccc(S(=O)(=O)N(C)C)c2)cs1. The number of carbonyl (C=O) groups is 2. The van der Waals surface area contributed by atoms with E-state index in [4.69, 9.17) is 4.74 Å². The Labute approximate surface area is 190 Å². The normalized spacial score (nSPS) is 11.2. The molecule has 1 aromatic heterocycles. The van der Waals surface area contributed by atoms with E-state index in [1.165, 1.54) is 49.7 Å². The highest BCUT2D eigenvalue weighted by molar-refractivity contribution is 7.89. The van der Waals surface area contributed by atoms with Gasteiger partial charge in [-0.15, -0.1) is 11.3 Å². The fraction of sp³-hybridized carbons (Fsp3) is 0.190. The molecule has 2 amide bonds. The molecule has 32 heavy (non-hydrogen) atoms. The van der Waals surface area contributed by atoms with Gasteiger partial charge in [0.1, 0.15) is 12.4 Å². The number of benzene rings is 2. The number of para-hydroxylation sites is 1. The zero-order valence-electron chi connectivity index (χ0n) is 17.7. The van der Waals surface area contributed by atoms with Gasteiger partial charge in [0, 0.05) is 25.0 Å². The van der Waals surface area contributed by atoms with Crippen LogP contribution in [0.1, 0.15) is 31.4 Å². The van der Waals surface area contributed by atoms with Crippen molar-refractivity contribution in [3.8, 4) is 5.75 Å². The number of hydrogen-bond acceptors (Lipinski definition) is 7. The Kier molecular flexibility index (Phi) is 7.23. The monoisotopic (exact) mass is 474 g/mol. The molecule has 1 heterocycles. The first-order valence-corrected chi connectivity index (χ1v) is 11.8. The summed E-state index contributed by atoms with van der Waals surface area (Å²) in [6, 6.07) is 12.1. The summed E-state index contributed by atoms with van der Waals surface area (Å²) in [5, 5.41) is 2.79. The Morgan fingerprint density at radius 2 is 1.78 bits per heavy atom. The van der Waals surface area contributed by atoms with Crippen LogP contribution >= 0.6 is 11.3 Å². The Hall–Kier alpha value is -3.28. The topological polar surface area (TPSA) is 118 Å². The summed E-state index contributed by atoms with van der Waals surface area (Å²) in [7, 11) is -0.895. The van der Waals surface area contributed by atoms with E-state index in [1.54, 1.807) is 24.3 Å². The molecule has 0 saturated heterocycles. The molecule has 0 unspecified atom stereocenters. The molecule has 168 valence electrons. The van der Waals surface area contributed by atoms with Gasteiger partial charge in [-0.3, -0.25) is 20.4 Å². The van der Waals surface area contributed by atoms with Crippen LogP contribution in [0.3, 0.4) is 0 Å². The second kappa shape index (κ2) is 9.90. The number of carbonyl (C=O) groups excluding carboxylic acids is 2. The maximum Gasteiger partial charge on any atom is 0.273 e. The van der Waals surface area contributed by atoms with Crippen LogP contribution < -0.4 is 15.6 Å². The smallest absolute Gasteiger partial charge is 0.273 e. The van der Waals surface area contributed by atoms with Gasteiger partial charge in [0.25, 0.3) is 11.8 Å². The third-order valence-corrected chi connectivity index (χ3v) is 6.97. The first-order valence-electron chi connectivity index (χ1n) is 9.44. The van der Waals surface area contributed by atoms with Crippen molar-refractivity contribution in [2.45, 2.75) is 18.4 Å². The van der Waals surface area contributed by atoms with Gasteiger partial charge in [-0.25, -0.2) is 17.7 Å². The Bertz CT molecular complexity index is 1240. The molecule has 11 heteroatoms. The van der Waals surface area contributed by atoms with Crippen LogP contribution in [0.2, 0.25) is 0 Å². The van der Waals surface area contributed by atoms with Crippen LogP contribution in [0.4, 0.5) is 0 Å². The van der Waals surface area contributed by atoms with Crippen LogP contribution in [-0.4, -0.2) is 43.6 Å². The number of aryl methyl sites for hydroxylation is 1. The maximum absolute atomic E-state index is 12.6. The number of amides is 2. The number of thiazole rings is 1. The third kappa shape index (κ3) is 5.49. The number of hydrogen-bond donors (Lipinski definition) is 2. The van der Waals surface area contributed by atoms with Gasteiger partial charge in [0.2, 0.25) is 10.0 Å². The molecule has 0 fully saturated rings. The average Bonchev–Trinajstić information content (AvgIpc) is 3.21. The molecule has 3 rings (SSSR count). The zero-order chi connectivity index (χ0) is 23.3. The lowest BCUT2D eigenvalue weighted by Gasteiger charge is -2.13. The first kappa shape index (κ1) is 23.4. The fourth-order valence-corrected chi connectivity index (χ4v) is 4.21. The van der Waals surface area contributed by atoms with Crippen LogP contribution in [-0.2, 0) is 16.6 Å². The van der Waals surface area contributed by atoms with Crippen LogP contribution in [0.25, 0.3) is 0 Å². The van der Waals surface area contributed by atoms with Gasteiger partial charge < -0.3 is 4.74 Å². The molecule has 0 spiro atoms. The van der Waals surface area contributed by atoms with E-state index < -0.39 is 21.8 Å². The predicted octanol–water partition coefficient (Wildman–Crippen LogP) is 2.36. The summed E-state index contributed by atoms with van der Waals surface area (Å²) in [5.74, 6) is -0.907. The molecule has 0 saturated carbocycles. The number of aromatic nitrogens is 1. The van der Waals surface area contributed by atoms with Crippen molar-refractivity contribution in [2.75, 3.05) is 14.1 Å². The molecule has 0 aliphatic carbocycles. The molecular formula is C21H22N4O5S2. The average molecular weight is 475 g/mol. The standard InChI is InChI=1S/C21H22N4O5S2/c1-14-22-16(13-31-14)12-30-19-10-5-4-9-18(19)21(27)24-23-20(26)15-7-6-8-17(11-15)32(28,29)25(2)3/h4-11,13H,12H2,1-3H3,(H,23,26)(H,24,27). The van der Waals surface area contributed by atoms with E-state index >= 15 is 0 Å². The second-order valence-electron chi connectivity index (χ2n) is 6.87. The largest absolute Gasteiger partial charge is 0.486 e. The molecule has 0 radical (unpaired) electrons. The third-order valence-electron chi connectivity index (χ3n) is 4.34. The fourth-order valence-electron chi connectivity index (χ4n) is 2.67. The van der Waals surface area contributed by atoms with E-state index in [2.05, 4.69) is 15.8 Å². The zero-order valence-corrected chi connectivity index (χ0v) is 19.3. The minimum atomic E-state index is -3.70. The summed E-state index contributed by atoms with van der Waals surface area (Å²) in [4.78, 5) is 29.4. The number of nitrogens with zero attached hydrogens (tertiary/aromatic N) is 2. The summed E-state index contributed by atoms with van der Waals surface area (Å²) in [5.41, 5.74) is 5.68. The number of nitrogens with one attached hydrogen (secondary N) is 2. The Balaban J connectivity index is 1.67. The minimum Gasteiger partial charge on any atom is -0.486 e. The summed E-state index contributed by atoms with van der Waals surface area (Å²) < 4.78 is 31.3. The van der Waals surface area contributed by atoms with Crippen molar-refractivity contribution >= 4 is 33.2 Å². The lowest BCUT2D eigenvalue weighted by atomic mass is 10.2. The lowest BCUT2D eigenvalue weighted by molar-refractivity contribution is 0.0844. The van der Waals surface area contributed by atoms with Crippen LogP contribution in [0.5, 0.6) is 5.75 Å². The van der Waals surface area contributed by atoms with Gasteiger partial charge in [-0.1, -0.05) is 18.2 Å². The second-order valence-corrected chi connectivity index (χ2v) is 10.1. The van der Waals surface area contributed by atoms with E-state index in [1.807, 2.05) is 12.3 Å². The van der Waals surface area contributed by atoms with Crippen molar-refractivity contribution in [3.05, 3.63) is 75.7 Å². The molecule has 2 N–H and O–H groups in total. The summed E-state index contributed by atoms with van der Waals surface area (Å²) >= 11 is 1.51. The van der Waals surface area contributed by atoms with Crippen molar-refractivity contribution in [3.63, 3.8) is 0 Å². The Morgan fingerprint density at radius 3 is 2.47 bits per heavy atom. The van der Waals surface area contributed by atoms with E-state index in [0.29, 0.717) is 5.75 Å². The molecule has 3 aromatic rings. The number of hydrazine groups is 1. The minimum absolute atomic E-state index is 0.0301. The summed E-state index contributed by atoms with van der Waals surface area (Å²) in [6.07, 6.45) is 0. The highest BCUT2D eigenvalue weighted by atomic mass is 32.2. The van der Waals surface area contributed by atoms with E-state index in [0.717, 1.165) is 15.0 Å². The number of rotatable bonds is 7. The van der Waals surface area contributed by atoms with Gasteiger partial charge in [-0.05, 0) is 37.3 Å². The van der Waals surface area contributed by atoms with Gasteiger partial charge >= 0.3 is 0 Å². The quantitative estimate of drug-likeness (QED) is 0.508. The molecular weight excluding hydrogens is 452 g/mol. The van der Waals surface area contributed by atoms with Gasteiger partial charge in [0.05, 0.1) is 21.2 Å². The molecule has 0 bridgehead atoms. The van der Waals surface area contributed by atoms with Gasteiger partial charge in [-0.2, -0.15) is 0 Å². The van der Waals surface area contributed by atoms with E-state index in [9.17, 15) is 18.0 Å². The molecule has 0 aliphatic heterocycles. The van der Waals surface area contributed by atoms with Gasteiger partial charge in [0.15, 0.2) is 0 Å². The first-order chi connectivity index (χ1) is 15.2. The Morgan fingerprint density at radius 1 is 1.06 bits per heavy atom. The molecule has 2 aromatic carbocycles. The van der Waals surface area contributed by atoms with Crippen LogP contribution in [0, 0.1) is 6.92 Å². The van der Waals surface area contributed by atoms with Crippen molar-refractivity contribution in [1.82, 2.24) is 20.1 Å². The van der Waals surface area contributed by atoms with E-state index in [-0.39, 0.29) is 22.6 Å². The highest BCUT2D eigenvalue weighted by Crippen LogP contribution is 2.20. The molecule has 0 atom stereocenters. The van der Waals surface area contributed by atoms with Crippen LogP contribution in [0.15, 0.2) is 58.8 Å². The van der Waals surface area contributed by atoms with Crippen molar-refractivity contribution in [2.24, 2.45) is 0 Å². The number of sulfonamides is 1. The lowest BCUT2D eigenvalue weighted by Crippen LogP contribution is -2.41. The van der Waals surface area contributed by atoms with Crippen molar-refractivity contribution in [1.29, 1.82) is 0 Å². The molecule has 9 nitrogen and oxygen atoms in total. The highest BCUT2D eigenvalue weighted by Gasteiger charge is 2.19. The molecule has 0 aliphatic rings. The van der Waals surface area contributed by atoms with Crippen molar-refractivity contribution < 1.29 is 22.7 Å².